The van der Waals surface area contributed by atoms with Crippen molar-refractivity contribution in [1.29, 1.82) is 0 Å². The maximum Gasteiger partial charge on any atom is 0.319 e. The number of hydrogen-bond donors (Lipinski definition) is 3. The Labute approximate surface area is 141 Å². The van der Waals surface area contributed by atoms with E-state index in [1.54, 1.807) is 39.6 Å². The molecule has 0 saturated heterocycles. The maximum absolute atomic E-state index is 12.2. The Kier molecular flexibility index (Phi) is 5.83. The van der Waals surface area contributed by atoms with Crippen molar-refractivity contribution in [2.75, 3.05) is 31.9 Å². The van der Waals surface area contributed by atoms with E-state index in [-0.39, 0.29) is 12.1 Å². The lowest BCUT2D eigenvalue weighted by Crippen LogP contribution is -2.31. The van der Waals surface area contributed by atoms with Crippen LogP contribution < -0.4 is 25.4 Å². The Morgan fingerprint density at radius 2 is 1.96 bits per heavy atom. The summed E-state index contributed by atoms with van der Waals surface area (Å²) >= 11 is 0. The molecule has 7 heteroatoms. The van der Waals surface area contributed by atoms with Gasteiger partial charge in [-0.1, -0.05) is 0 Å². The molecule has 7 nitrogen and oxygen atoms in total. The number of aromatic nitrogens is 1. The van der Waals surface area contributed by atoms with E-state index in [1.165, 1.54) is 0 Å². The minimum absolute atomic E-state index is 0.264. The predicted molar refractivity (Wildman–Crippen MR) is 93.9 cm³/mol. The Morgan fingerprint density at radius 1 is 1.17 bits per heavy atom. The fourth-order valence-corrected chi connectivity index (χ4v) is 2.24. The van der Waals surface area contributed by atoms with Crippen LogP contribution in [0.3, 0.4) is 0 Å². The van der Waals surface area contributed by atoms with Crippen molar-refractivity contribution in [3.63, 3.8) is 0 Å². The van der Waals surface area contributed by atoms with Crippen LogP contribution in [0.15, 0.2) is 36.5 Å². The van der Waals surface area contributed by atoms with Crippen molar-refractivity contribution in [3.05, 3.63) is 42.1 Å². The van der Waals surface area contributed by atoms with Gasteiger partial charge >= 0.3 is 6.03 Å². The van der Waals surface area contributed by atoms with E-state index in [9.17, 15) is 4.79 Å². The summed E-state index contributed by atoms with van der Waals surface area (Å²) in [7, 11) is 4.97. The molecule has 2 rings (SSSR count). The number of nitrogens with one attached hydrogen (secondary N) is 3. The van der Waals surface area contributed by atoms with E-state index in [0.717, 1.165) is 11.4 Å². The molecule has 0 radical (unpaired) electrons. The molecule has 1 heterocycles. The highest BCUT2D eigenvalue weighted by Crippen LogP contribution is 2.29. The molecule has 0 unspecified atom stereocenters. The molecule has 0 bridgehead atoms. The van der Waals surface area contributed by atoms with Crippen molar-refractivity contribution >= 4 is 17.5 Å². The van der Waals surface area contributed by atoms with Crippen LogP contribution in [-0.2, 0) is 0 Å². The van der Waals surface area contributed by atoms with Gasteiger partial charge in [0.05, 0.1) is 32.1 Å². The third-order valence-electron chi connectivity index (χ3n) is 3.53. The number of rotatable bonds is 6. The van der Waals surface area contributed by atoms with Crippen molar-refractivity contribution in [2.24, 2.45) is 0 Å². The van der Waals surface area contributed by atoms with Crippen molar-refractivity contribution < 1.29 is 14.3 Å². The van der Waals surface area contributed by atoms with Crippen molar-refractivity contribution in [2.45, 2.75) is 13.0 Å². The Morgan fingerprint density at radius 3 is 2.54 bits per heavy atom. The van der Waals surface area contributed by atoms with Crippen LogP contribution in [0.1, 0.15) is 18.5 Å². The van der Waals surface area contributed by atoms with Gasteiger partial charge in [-0.3, -0.25) is 0 Å². The van der Waals surface area contributed by atoms with Gasteiger partial charge in [0.2, 0.25) is 0 Å². The number of benzene rings is 1. The molecule has 1 atom stereocenters. The van der Waals surface area contributed by atoms with Crippen LogP contribution in [0.2, 0.25) is 0 Å². The molecular weight excluding hydrogens is 308 g/mol. The average Bonchev–Trinajstić information content (AvgIpc) is 2.61. The topological polar surface area (TPSA) is 84.5 Å². The molecule has 2 amide bonds. The van der Waals surface area contributed by atoms with E-state index in [2.05, 4.69) is 20.9 Å². The summed E-state index contributed by atoms with van der Waals surface area (Å²) in [4.78, 5) is 16.3. The number of carbonyl (C=O) groups is 1. The van der Waals surface area contributed by atoms with Crippen molar-refractivity contribution in [1.82, 2.24) is 10.3 Å². The summed E-state index contributed by atoms with van der Waals surface area (Å²) in [6.07, 6.45) is 1.59. The van der Waals surface area contributed by atoms with Gasteiger partial charge in [-0.05, 0) is 37.3 Å². The molecular formula is C17H22N4O3. The number of anilines is 2. The zero-order valence-electron chi connectivity index (χ0n) is 14.2. The van der Waals surface area contributed by atoms with Gasteiger partial charge in [-0.15, -0.1) is 0 Å². The van der Waals surface area contributed by atoms with Crippen LogP contribution in [0.25, 0.3) is 0 Å². The fraction of sp³-hybridized carbons (Fsp3) is 0.294. The van der Waals surface area contributed by atoms with Gasteiger partial charge in [-0.25, -0.2) is 9.78 Å². The standard InChI is InChI=1S/C17H22N4O3/c1-11(14-9-13(23-3)6-7-15(14)24-4)20-17(22)21-12-5-8-16(18-2)19-10-12/h5-11H,1-4H3,(H,18,19)(H2,20,21,22)/t11-/m1/s1. The van der Waals surface area contributed by atoms with Gasteiger partial charge in [0.1, 0.15) is 17.3 Å². The van der Waals surface area contributed by atoms with Crippen LogP contribution in [-0.4, -0.2) is 32.3 Å². The van der Waals surface area contributed by atoms with E-state index < -0.39 is 0 Å². The molecule has 1 aromatic heterocycles. The molecule has 0 aliphatic rings. The van der Waals surface area contributed by atoms with Gasteiger partial charge in [0, 0.05) is 12.6 Å². The predicted octanol–water partition coefficient (Wildman–Crippen LogP) is 3.02. The second-order valence-corrected chi connectivity index (χ2v) is 5.11. The molecule has 24 heavy (non-hydrogen) atoms. The normalized spacial score (nSPS) is 11.3. The van der Waals surface area contributed by atoms with Gasteiger partial charge in [0.25, 0.3) is 0 Å². The molecule has 1 aromatic carbocycles. The van der Waals surface area contributed by atoms with Crippen LogP contribution >= 0.6 is 0 Å². The third kappa shape index (κ3) is 4.28. The van der Waals surface area contributed by atoms with E-state index >= 15 is 0 Å². The SMILES string of the molecule is CNc1ccc(NC(=O)N[C@H](C)c2cc(OC)ccc2OC)cn1. The minimum Gasteiger partial charge on any atom is -0.497 e. The lowest BCUT2D eigenvalue weighted by atomic mass is 10.1. The van der Waals surface area contributed by atoms with E-state index in [4.69, 9.17) is 9.47 Å². The molecule has 0 aliphatic carbocycles. The number of amides is 2. The first kappa shape index (κ1) is 17.4. The van der Waals surface area contributed by atoms with Gasteiger partial charge < -0.3 is 25.4 Å². The summed E-state index contributed by atoms with van der Waals surface area (Å²) < 4.78 is 10.6. The van der Waals surface area contributed by atoms with Crippen LogP contribution in [0.5, 0.6) is 11.5 Å². The largest absolute Gasteiger partial charge is 0.497 e. The average molecular weight is 330 g/mol. The number of nitrogens with zero attached hydrogens (tertiary/aromatic N) is 1. The van der Waals surface area contributed by atoms with Gasteiger partial charge in [-0.2, -0.15) is 0 Å². The molecule has 0 aliphatic heterocycles. The summed E-state index contributed by atoms with van der Waals surface area (Å²) in [5.41, 5.74) is 1.44. The second kappa shape index (κ2) is 8.05. The summed E-state index contributed by atoms with van der Waals surface area (Å²) in [6.45, 7) is 1.87. The lowest BCUT2D eigenvalue weighted by molar-refractivity contribution is 0.249. The summed E-state index contributed by atoms with van der Waals surface area (Å²) in [5.74, 6) is 2.12. The molecule has 0 spiro atoms. The number of urea groups is 1. The number of methoxy groups -OCH3 is 2. The Hall–Kier alpha value is -2.96. The van der Waals surface area contributed by atoms with E-state index in [0.29, 0.717) is 17.2 Å². The Bertz CT molecular complexity index is 689. The highest BCUT2D eigenvalue weighted by molar-refractivity contribution is 5.89. The zero-order valence-corrected chi connectivity index (χ0v) is 14.2. The third-order valence-corrected chi connectivity index (χ3v) is 3.53. The zero-order chi connectivity index (χ0) is 17.5. The minimum atomic E-state index is -0.327. The number of carbonyl (C=O) groups excluding carboxylic acids is 1. The fourth-order valence-electron chi connectivity index (χ4n) is 2.24. The molecule has 128 valence electrons. The quantitative estimate of drug-likeness (QED) is 0.758. The highest BCUT2D eigenvalue weighted by Gasteiger charge is 2.15. The van der Waals surface area contributed by atoms with Crippen molar-refractivity contribution in [3.8, 4) is 11.5 Å². The Balaban J connectivity index is 2.05. The number of ether oxygens (including phenoxy) is 2. The smallest absolute Gasteiger partial charge is 0.319 e. The first-order valence-electron chi connectivity index (χ1n) is 7.50. The van der Waals surface area contributed by atoms with Gasteiger partial charge in [0.15, 0.2) is 0 Å². The van der Waals surface area contributed by atoms with Crippen LogP contribution in [0.4, 0.5) is 16.3 Å². The highest BCUT2D eigenvalue weighted by atomic mass is 16.5. The number of hydrogen-bond acceptors (Lipinski definition) is 5. The lowest BCUT2D eigenvalue weighted by Gasteiger charge is -2.18. The van der Waals surface area contributed by atoms with E-state index in [1.807, 2.05) is 25.1 Å². The summed E-state index contributed by atoms with van der Waals surface area (Å²) in [6, 6.07) is 8.42. The monoisotopic (exact) mass is 330 g/mol. The van der Waals surface area contributed by atoms with Crippen LogP contribution in [0, 0.1) is 0 Å². The second-order valence-electron chi connectivity index (χ2n) is 5.11. The molecule has 0 fully saturated rings. The molecule has 3 N–H and O–H groups in total. The first-order valence-corrected chi connectivity index (χ1v) is 7.50. The summed E-state index contributed by atoms with van der Waals surface area (Å²) in [5, 5.41) is 8.54. The number of pyridine rings is 1. The maximum atomic E-state index is 12.2. The molecule has 0 saturated carbocycles. The molecule has 2 aromatic rings. The first-order chi connectivity index (χ1) is 11.6.